The van der Waals surface area contributed by atoms with Crippen molar-refractivity contribution in [1.82, 2.24) is 15.3 Å². The zero-order valence-electron chi connectivity index (χ0n) is 11.3. The maximum absolute atomic E-state index is 11.9. The quantitative estimate of drug-likeness (QED) is 0.780. The zero-order chi connectivity index (χ0) is 14.5. The zero-order valence-corrected chi connectivity index (χ0v) is 12.1. The largest absolute Gasteiger partial charge is 0.364 e. The highest BCUT2D eigenvalue weighted by Crippen LogP contribution is 2.22. The monoisotopic (exact) mass is 282 g/mol. The first-order valence-corrected chi connectivity index (χ1v) is 6.83. The van der Waals surface area contributed by atoms with Gasteiger partial charge in [-0.1, -0.05) is 20.8 Å². The van der Waals surface area contributed by atoms with Gasteiger partial charge in [0, 0.05) is 29.4 Å². The van der Waals surface area contributed by atoms with Gasteiger partial charge in [0.2, 0.25) is 0 Å². The number of nitrogens with two attached hydrogens (primary N) is 1. The topological polar surface area (TPSA) is 98.0 Å². The standard InChI is InChI=1S/C12H18N4O2S/c1-12(2,3)19-7-6-16-11(18)9-8(10(13)17)14-4-5-15-9/h4-5H,6-7H2,1-3H3,(H2,13,17)(H,16,18). The van der Waals surface area contributed by atoms with Crippen LogP contribution < -0.4 is 11.1 Å². The smallest absolute Gasteiger partial charge is 0.272 e. The maximum Gasteiger partial charge on any atom is 0.272 e. The van der Waals surface area contributed by atoms with Gasteiger partial charge >= 0.3 is 0 Å². The molecule has 1 rings (SSSR count). The third-order valence-corrected chi connectivity index (χ3v) is 3.34. The highest BCUT2D eigenvalue weighted by atomic mass is 32.2. The summed E-state index contributed by atoms with van der Waals surface area (Å²) in [6, 6.07) is 0. The predicted octanol–water partition coefficient (Wildman–Crippen LogP) is 0.837. The first-order chi connectivity index (χ1) is 8.81. The number of primary amides is 1. The predicted molar refractivity (Wildman–Crippen MR) is 75.1 cm³/mol. The molecule has 6 nitrogen and oxygen atoms in total. The SMILES string of the molecule is CC(C)(C)SCCNC(=O)c1nccnc1C(N)=O. The fraction of sp³-hybridized carbons (Fsp3) is 0.500. The van der Waals surface area contributed by atoms with Gasteiger partial charge in [-0.25, -0.2) is 9.97 Å². The molecule has 0 aliphatic rings. The molecule has 7 heteroatoms. The summed E-state index contributed by atoms with van der Waals surface area (Å²) in [5.74, 6) is -0.416. The summed E-state index contributed by atoms with van der Waals surface area (Å²) < 4.78 is 0.148. The molecule has 0 aromatic carbocycles. The van der Waals surface area contributed by atoms with Gasteiger partial charge in [-0.3, -0.25) is 9.59 Å². The number of carbonyl (C=O) groups is 2. The minimum Gasteiger partial charge on any atom is -0.364 e. The highest BCUT2D eigenvalue weighted by molar-refractivity contribution is 8.00. The molecule has 19 heavy (non-hydrogen) atoms. The Balaban J connectivity index is 2.57. The number of nitrogens with one attached hydrogen (secondary N) is 1. The molecule has 0 aliphatic carbocycles. The summed E-state index contributed by atoms with van der Waals surface area (Å²) in [5.41, 5.74) is 5.00. The van der Waals surface area contributed by atoms with Crippen molar-refractivity contribution in [2.24, 2.45) is 5.73 Å². The van der Waals surface area contributed by atoms with Crippen molar-refractivity contribution in [3.05, 3.63) is 23.8 Å². The van der Waals surface area contributed by atoms with E-state index in [0.29, 0.717) is 6.54 Å². The first-order valence-electron chi connectivity index (χ1n) is 5.84. The van der Waals surface area contributed by atoms with Gasteiger partial charge in [0.25, 0.3) is 11.8 Å². The third kappa shape index (κ3) is 5.25. The lowest BCUT2D eigenvalue weighted by Crippen LogP contribution is -2.30. The van der Waals surface area contributed by atoms with Crippen LogP contribution in [0.15, 0.2) is 12.4 Å². The Hall–Kier alpha value is -1.63. The molecule has 0 radical (unpaired) electrons. The molecule has 1 aromatic rings. The fourth-order valence-corrected chi connectivity index (χ4v) is 2.11. The molecule has 0 saturated heterocycles. The van der Waals surface area contributed by atoms with Gasteiger partial charge in [-0.05, 0) is 0 Å². The number of aromatic nitrogens is 2. The molecule has 0 spiro atoms. The van der Waals surface area contributed by atoms with E-state index in [1.165, 1.54) is 12.4 Å². The molecule has 0 bridgehead atoms. The Bertz CT molecular complexity index is 471. The van der Waals surface area contributed by atoms with Gasteiger partial charge in [0.15, 0.2) is 11.4 Å². The Morgan fingerprint density at radius 3 is 2.37 bits per heavy atom. The lowest BCUT2D eigenvalue weighted by Gasteiger charge is -2.17. The molecule has 0 fully saturated rings. The van der Waals surface area contributed by atoms with Gasteiger partial charge in [-0.15, -0.1) is 0 Å². The van der Waals surface area contributed by atoms with Gasteiger partial charge < -0.3 is 11.1 Å². The second-order valence-corrected chi connectivity index (χ2v) is 6.76. The lowest BCUT2D eigenvalue weighted by molar-refractivity contribution is 0.0930. The van der Waals surface area contributed by atoms with Crippen LogP contribution in [0.2, 0.25) is 0 Å². The molecule has 0 saturated carbocycles. The van der Waals surface area contributed by atoms with Crippen LogP contribution in [0.4, 0.5) is 0 Å². The molecule has 0 unspecified atom stereocenters. The number of nitrogens with zero attached hydrogens (tertiary/aromatic N) is 2. The van der Waals surface area contributed by atoms with Gasteiger partial charge in [0.05, 0.1) is 0 Å². The first kappa shape index (κ1) is 15.4. The Morgan fingerprint density at radius 2 is 1.84 bits per heavy atom. The summed E-state index contributed by atoms with van der Waals surface area (Å²) in [5, 5.41) is 2.70. The van der Waals surface area contributed by atoms with Crippen LogP contribution >= 0.6 is 11.8 Å². The molecule has 1 heterocycles. The summed E-state index contributed by atoms with van der Waals surface area (Å²) in [7, 11) is 0. The number of hydrogen-bond donors (Lipinski definition) is 2. The van der Waals surface area contributed by atoms with E-state index in [2.05, 4.69) is 36.1 Å². The Kier molecular flexibility index (Phi) is 5.29. The van der Waals surface area contributed by atoms with Crippen molar-refractivity contribution in [3.8, 4) is 0 Å². The van der Waals surface area contributed by atoms with Crippen LogP contribution in [0, 0.1) is 0 Å². The fourth-order valence-electron chi connectivity index (χ4n) is 1.29. The summed E-state index contributed by atoms with van der Waals surface area (Å²) in [6.45, 7) is 6.81. The van der Waals surface area contributed by atoms with E-state index in [4.69, 9.17) is 5.73 Å². The van der Waals surface area contributed by atoms with Crippen molar-refractivity contribution in [2.45, 2.75) is 25.5 Å². The summed E-state index contributed by atoms with van der Waals surface area (Å²) in [4.78, 5) is 30.6. The average molecular weight is 282 g/mol. The Morgan fingerprint density at radius 1 is 1.26 bits per heavy atom. The normalized spacial score (nSPS) is 11.1. The minimum atomic E-state index is -0.762. The molecule has 0 atom stereocenters. The van der Waals surface area contributed by atoms with Crippen molar-refractivity contribution in [3.63, 3.8) is 0 Å². The molecular formula is C12H18N4O2S. The van der Waals surface area contributed by atoms with E-state index in [1.807, 2.05) is 0 Å². The number of carbonyl (C=O) groups excluding carboxylic acids is 2. The van der Waals surface area contributed by atoms with E-state index in [1.54, 1.807) is 11.8 Å². The van der Waals surface area contributed by atoms with E-state index < -0.39 is 11.8 Å². The van der Waals surface area contributed by atoms with Crippen LogP contribution in [0.5, 0.6) is 0 Å². The maximum atomic E-state index is 11.9. The second kappa shape index (κ2) is 6.51. The summed E-state index contributed by atoms with van der Waals surface area (Å²) in [6.07, 6.45) is 2.68. The number of hydrogen-bond acceptors (Lipinski definition) is 5. The highest BCUT2D eigenvalue weighted by Gasteiger charge is 2.17. The van der Waals surface area contributed by atoms with Crippen LogP contribution in [0.1, 0.15) is 41.7 Å². The Labute approximate surface area is 116 Å². The molecule has 104 valence electrons. The summed E-state index contributed by atoms with van der Waals surface area (Å²) >= 11 is 1.74. The lowest BCUT2D eigenvalue weighted by atomic mass is 10.2. The van der Waals surface area contributed by atoms with Crippen molar-refractivity contribution >= 4 is 23.6 Å². The number of rotatable bonds is 5. The van der Waals surface area contributed by atoms with Crippen molar-refractivity contribution in [2.75, 3.05) is 12.3 Å². The van der Waals surface area contributed by atoms with Gasteiger partial charge in [0.1, 0.15) is 0 Å². The molecule has 0 aliphatic heterocycles. The molecule has 3 N–H and O–H groups in total. The van der Waals surface area contributed by atoms with E-state index in [9.17, 15) is 9.59 Å². The minimum absolute atomic E-state index is 0.0317. The average Bonchev–Trinajstić information content (AvgIpc) is 2.33. The van der Waals surface area contributed by atoms with Crippen LogP contribution in [0.25, 0.3) is 0 Å². The van der Waals surface area contributed by atoms with Crippen LogP contribution in [-0.4, -0.2) is 38.8 Å². The van der Waals surface area contributed by atoms with Crippen molar-refractivity contribution < 1.29 is 9.59 Å². The number of amides is 2. The van der Waals surface area contributed by atoms with E-state index >= 15 is 0 Å². The van der Waals surface area contributed by atoms with Crippen molar-refractivity contribution in [1.29, 1.82) is 0 Å². The molecule has 1 aromatic heterocycles. The van der Waals surface area contributed by atoms with Gasteiger partial charge in [-0.2, -0.15) is 11.8 Å². The van der Waals surface area contributed by atoms with Crippen LogP contribution in [0.3, 0.4) is 0 Å². The third-order valence-electron chi connectivity index (χ3n) is 2.07. The molecular weight excluding hydrogens is 264 g/mol. The second-order valence-electron chi connectivity index (χ2n) is 4.83. The van der Waals surface area contributed by atoms with Crippen LogP contribution in [-0.2, 0) is 0 Å². The van der Waals surface area contributed by atoms with E-state index in [0.717, 1.165) is 5.75 Å². The molecule has 2 amide bonds. The van der Waals surface area contributed by atoms with E-state index in [-0.39, 0.29) is 16.1 Å². The number of thioether (sulfide) groups is 1.